The molecule has 0 aliphatic carbocycles. The van der Waals surface area contributed by atoms with Crippen LogP contribution < -0.4 is 5.32 Å². The molecule has 0 unspecified atom stereocenters. The van der Waals surface area contributed by atoms with Crippen molar-refractivity contribution in [1.82, 2.24) is 5.32 Å². The molecule has 0 heterocycles. The van der Waals surface area contributed by atoms with E-state index < -0.39 is 23.4 Å². The fourth-order valence-electron chi connectivity index (χ4n) is 2.08. The normalized spacial score (nSPS) is 11.6. The second-order valence-corrected chi connectivity index (χ2v) is 5.87. The molecule has 0 saturated carbocycles. The highest BCUT2D eigenvalue weighted by Gasteiger charge is 2.17. The zero-order valence-electron chi connectivity index (χ0n) is 13.7. The van der Waals surface area contributed by atoms with Crippen molar-refractivity contribution < 1.29 is 19.2 Å². The lowest BCUT2D eigenvalue weighted by Crippen LogP contribution is -2.35. The van der Waals surface area contributed by atoms with Gasteiger partial charge in [0, 0.05) is 18.2 Å². The molecule has 0 fully saturated rings. The van der Waals surface area contributed by atoms with Crippen LogP contribution in [0.25, 0.3) is 0 Å². The average molecular weight is 357 g/mol. The summed E-state index contributed by atoms with van der Waals surface area (Å²) in [6.07, 6.45) is 4.10. The fourth-order valence-corrected chi connectivity index (χ4v) is 2.33. The lowest BCUT2D eigenvalue weighted by atomic mass is 10.1. The maximum absolute atomic E-state index is 11.9. The van der Waals surface area contributed by atoms with Crippen LogP contribution in [-0.4, -0.2) is 29.4 Å². The van der Waals surface area contributed by atoms with E-state index >= 15 is 0 Å². The summed E-state index contributed by atoms with van der Waals surface area (Å²) < 4.78 is 4.89. The van der Waals surface area contributed by atoms with E-state index in [-0.39, 0.29) is 22.3 Å². The molecular formula is C16H21ClN2O5. The van der Waals surface area contributed by atoms with Crippen molar-refractivity contribution in [3.8, 4) is 0 Å². The Kier molecular flexibility index (Phi) is 8.18. The van der Waals surface area contributed by atoms with Crippen LogP contribution in [0.5, 0.6) is 0 Å². The van der Waals surface area contributed by atoms with Crippen LogP contribution in [0.4, 0.5) is 5.69 Å². The molecule has 0 radical (unpaired) electrons. The molecule has 0 aromatic heterocycles. The monoisotopic (exact) mass is 356 g/mol. The Morgan fingerprint density at radius 1 is 1.38 bits per heavy atom. The van der Waals surface area contributed by atoms with Crippen molar-refractivity contribution in [2.45, 2.75) is 45.6 Å². The van der Waals surface area contributed by atoms with Gasteiger partial charge in [-0.25, -0.2) is 4.79 Å². The third-order valence-corrected chi connectivity index (χ3v) is 3.68. The molecule has 1 atom stereocenters. The van der Waals surface area contributed by atoms with Crippen molar-refractivity contribution in [2.24, 2.45) is 0 Å². The van der Waals surface area contributed by atoms with Crippen molar-refractivity contribution >= 4 is 29.2 Å². The Morgan fingerprint density at radius 2 is 2.08 bits per heavy atom. The Balaban J connectivity index is 2.48. The number of carbonyl (C=O) groups excluding carboxylic acids is 2. The lowest BCUT2D eigenvalue weighted by molar-refractivity contribution is -0.384. The number of hydrogen-bond acceptors (Lipinski definition) is 5. The van der Waals surface area contributed by atoms with Gasteiger partial charge in [-0.1, -0.05) is 37.8 Å². The number of nitro benzene ring substituents is 1. The summed E-state index contributed by atoms with van der Waals surface area (Å²) in [5, 5.41) is 13.3. The summed E-state index contributed by atoms with van der Waals surface area (Å²) in [6, 6.07) is 3.42. The van der Waals surface area contributed by atoms with Gasteiger partial charge in [0.2, 0.25) is 0 Å². The summed E-state index contributed by atoms with van der Waals surface area (Å²) >= 11 is 5.83. The van der Waals surface area contributed by atoms with Crippen molar-refractivity contribution in [2.75, 3.05) is 6.61 Å². The van der Waals surface area contributed by atoms with E-state index in [9.17, 15) is 19.7 Å². The van der Waals surface area contributed by atoms with Gasteiger partial charge in [-0.15, -0.1) is 0 Å². The highest BCUT2D eigenvalue weighted by molar-refractivity contribution is 6.33. The Hall–Kier alpha value is -2.15. The molecular weight excluding hydrogens is 336 g/mol. The molecule has 1 aromatic carbocycles. The molecule has 1 N–H and O–H groups in total. The van der Waals surface area contributed by atoms with Gasteiger partial charge in [0.15, 0.2) is 6.61 Å². The number of ether oxygens (including phenoxy) is 1. The van der Waals surface area contributed by atoms with Gasteiger partial charge < -0.3 is 10.1 Å². The average Bonchev–Trinajstić information content (AvgIpc) is 2.52. The number of benzene rings is 1. The SMILES string of the molecule is CCCCC[C@H](C)NC(=O)COC(=O)c1ccc([N+](=O)[O-])cc1Cl. The van der Waals surface area contributed by atoms with Crippen LogP contribution in [0.1, 0.15) is 49.9 Å². The minimum Gasteiger partial charge on any atom is -0.452 e. The van der Waals surface area contributed by atoms with Gasteiger partial charge in [-0.2, -0.15) is 0 Å². The highest BCUT2D eigenvalue weighted by Crippen LogP contribution is 2.23. The maximum Gasteiger partial charge on any atom is 0.340 e. The van der Waals surface area contributed by atoms with E-state index in [1.165, 1.54) is 6.07 Å². The van der Waals surface area contributed by atoms with Crippen LogP contribution in [0.3, 0.4) is 0 Å². The molecule has 0 spiro atoms. The van der Waals surface area contributed by atoms with Crippen LogP contribution in [0, 0.1) is 10.1 Å². The van der Waals surface area contributed by atoms with Gasteiger partial charge in [-0.3, -0.25) is 14.9 Å². The zero-order chi connectivity index (χ0) is 18.1. The molecule has 8 heteroatoms. The van der Waals surface area contributed by atoms with Crippen molar-refractivity contribution in [1.29, 1.82) is 0 Å². The summed E-state index contributed by atoms with van der Waals surface area (Å²) in [6.45, 7) is 3.57. The standard InChI is InChI=1S/C16H21ClN2O5/c1-3-4-5-6-11(2)18-15(20)10-24-16(21)13-8-7-12(19(22)23)9-14(13)17/h7-9,11H,3-6,10H2,1-2H3,(H,18,20)/t11-/m0/s1. The minimum atomic E-state index is -0.802. The Labute approximate surface area is 145 Å². The van der Waals surface area contributed by atoms with Crippen LogP contribution in [-0.2, 0) is 9.53 Å². The molecule has 0 bridgehead atoms. The van der Waals surface area contributed by atoms with E-state index in [2.05, 4.69) is 12.2 Å². The number of rotatable bonds is 9. The fraction of sp³-hybridized carbons (Fsp3) is 0.500. The van der Waals surface area contributed by atoms with E-state index in [1.807, 2.05) is 6.92 Å². The highest BCUT2D eigenvalue weighted by atomic mass is 35.5. The van der Waals surface area contributed by atoms with Crippen LogP contribution in [0.2, 0.25) is 5.02 Å². The first-order chi connectivity index (χ1) is 11.3. The molecule has 24 heavy (non-hydrogen) atoms. The molecule has 132 valence electrons. The van der Waals surface area contributed by atoms with E-state index in [0.29, 0.717) is 0 Å². The molecule has 1 aromatic rings. The number of amides is 1. The third-order valence-electron chi connectivity index (χ3n) is 3.37. The Bertz CT molecular complexity index is 606. The number of nitrogens with zero attached hydrogens (tertiary/aromatic N) is 1. The molecule has 0 saturated heterocycles. The summed E-state index contributed by atoms with van der Waals surface area (Å²) in [5.41, 5.74) is -0.249. The van der Waals surface area contributed by atoms with E-state index in [4.69, 9.17) is 16.3 Å². The molecule has 1 rings (SSSR count). The molecule has 1 amide bonds. The van der Waals surface area contributed by atoms with Gasteiger partial charge in [0.1, 0.15) is 0 Å². The number of unbranched alkanes of at least 4 members (excludes halogenated alkanes) is 2. The Morgan fingerprint density at radius 3 is 2.67 bits per heavy atom. The van der Waals surface area contributed by atoms with Crippen molar-refractivity contribution in [3.63, 3.8) is 0 Å². The number of carbonyl (C=O) groups is 2. The number of esters is 1. The summed E-state index contributed by atoms with van der Waals surface area (Å²) in [7, 11) is 0. The number of hydrogen-bond donors (Lipinski definition) is 1. The van der Waals surface area contributed by atoms with Gasteiger partial charge in [0.05, 0.1) is 15.5 Å². The smallest absolute Gasteiger partial charge is 0.340 e. The predicted molar refractivity (Wildman–Crippen MR) is 90.1 cm³/mol. The van der Waals surface area contributed by atoms with E-state index in [1.54, 1.807) is 0 Å². The molecule has 0 aliphatic rings. The minimum absolute atomic E-state index is 0.00529. The molecule has 0 aliphatic heterocycles. The topological polar surface area (TPSA) is 98.5 Å². The second-order valence-electron chi connectivity index (χ2n) is 5.46. The number of halogens is 1. The summed E-state index contributed by atoms with van der Waals surface area (Å²) in [5.74, 6) is -1.20. The second kappa shape index (κ2) is 9.87. The van der Waals surface area contributed by atoms with Crippen molar-refractivity contribution in [3.05, 3.63) is 38.9 Å². The van der Waals surface area contributed by atoms with Gasteiger partial charge >= 0.3 is 5.97 Å². The molecule has 7 nitrogen and oxygen atoms in total. The van der Waals surface area contributed by atoms with E-state index in [0.717, 1.165) is 37.8 Å². The first kappa shape index (κ1) is 19.9. The van der Waals surface area contributed by atoms with Crippen LogP contribution in [0.15, 0.2) is 18.2 Å². The quantitative estimate of drug-likeness (QED) is 0.316. The largest absolute Gasteiger partial charge is 0.452 e. The van der Waals surface area contributed by atoms with Gasteiger partial charge in [0.25, 0.3) is 11.6 Å². The number of nitro groups is 1. The predicted octanol–water partition coefficient (Wildman–Crippen LogP) is 3.49. The zero-order valence-corrected chi connectivity index (χ0v) is 14.5. The first-order valence-electron chi connectivity index (χ1n) is 7.75. The van der Waals surface area contributed by atoms with Crippen LogP contribution >= 0.6 is 11.6 Å². The first-order valence-corrected chi connectivity index (χ1v) is 8.13. The number of non-ortho nitro benzene ring substituents is 1. The lowest BCUT2D eigenvalue weighted by Gasteiger charge is -2.13. The maximum atomic E-state index is 11.9. The number of nitrogens with one attached hydrogen (secondary N) is 1. The summed E-state index contributed by atoms with van der Waals surface area (Å²) in [4.78, 5) is 33.6. The third kappa shape index (κ3) is 6.54. The van der Waals surface area contributed by atoms with Gasteiger partial charge in [-0.05, 0) is 19.4 Å².